The van der Waals surface area contributed by atoms with Crippen molar-refractivity contribution in [3.8, 4) is 0 Å². The highest BCUT2D eigenvalue weighted by atomic mass is 31.2. The van der Waals surface area contributed by atoms with Crippen LogP contribution in [0.15, 0.2) is 12.4 Å². The Hall–Kier alpha value is -0.590. The zero-order valence-electron chi connectivity index (χ0n) is 10.4. The Morgan fingerprint density at radius 1 is 1.84 bits per heavy atom. The fourth-order valence-corrected chi connectivity index (χ4v) is 2.98. The van der Waals surface area contributed by atoms with Gasteiger partial charge in [-0.15, -0.1) is 0 Å². The van der Waals surface area contributed by atoms with Gasteiger partial charge >= 0.3 is 0 Å². The highest BCUT2D eigenvalue weighted by Crippen LogP contribution is 2.40. The van der Waals surface area contributed by atoms with Crippen LogP contribution >= 0.6 is 7.75 Å². The third-order valence-electron chi connectivity index (χ3n) is 2.93. The van der Waals surface area contributed by atoms with E-state index in [1.807, 2.05) is 0 Å². The average molecular weight is 282 g/mol. The Morgan fingerprint density at radius 2 is 2.58 bits per heavy atom. The van der Waals surface area contributed by atoms with E-state index in [0.717, 1.165) is 4.34 Å². The Kier molecular flexibility index (Phi) is 4.53. The number of aryl methyl sites for hydroxylation is 1. The van der Waals surface area contributed by atoms with Crippen molar-refractivity contribution in [2.24, 2.45) is 0 Å². The standard InChI is InChI=1S/C9H14B2N2O5P/c1-6-12-2-3-13(6)19(15,16)17-5-8-7(14)4-9(11-10)18-8/h2-3,7-9,14H,4-5H2,1H3,(H,15,16)/p-1. The number of aliphatic hydroxyl groups excluding tert-OH is 1. The molecule has 4 unspecified atom stereocenters. The van der Waals surface area contributed by atoms with Crippen molar-refractivity contribution < 1.29 is 23.8 Å². The van der Waals surface area contributed by atoms with Gasteiger partial charge in [0.15, 0.2) is 0 Å². The van der Waals surface area contributed by atoms with E-state index in [2.05, 4.69) is 4.98 Å². The van der Waals surface area contributed by atoms with Crippen molar-refractivity contribution in [1.29, 1.82) is 0 Å². The molecule has 7 nitrogen and oxygen atoms in total. The molecular formula is C9H13B2N2O5P-. The van der Waals surface area contributed by atoms with Gasteiger partial charge in [0.05, 0.1) is 19.9 Å². The van der Waals surface area contributed by atoms with E-state index in [4.69, 9.17) is 17.0 Å². The molecule has 4 atom stereocenters. The highest BCUT2D eigenvalue weighted by molar-refractivity contribution is 7.49. The summed E-state index contributed by atoms with van der Waals surface area (Å²) in [7, 11) is 2.36. The van der Waals surface area contributed by atoms with Gasteiger partial charge in [-0.3, -0.25) is 8.90 Å². The minimum Gasteiger partial charge on any atom is -0.761 e. The van der Waals surface area contributed by atoms with E-state index in [1.165, 1.54) is 19.6 Å². The first kappa shape index (κ1) is 14.8. The van der Waals surface area contributed by atoms with Crippen LogP contribution in [0.2, 0.25) is 0 Å². The minimum atomic E-state index is -4.27. The van der Waals surface area contributed by atoms with Crippen molar-refractivity contribution in [3.63, 3.8) is 0 Å². The highest BCUT2D eigenvalue weighted by Gasteiger charge is 2.33. The number of hydrogen-bond acceptors (Lipinski definition) is 6. The Labute approximate surface area is 113 Å². The number of aromatic nitrogens is 2. The number of ether oxygens (including phenoxy) is 1. The quantitative estimate of drug-likeness (QED) is 0.537. The van der Waals surface area contributed by atoms with Crippen LogP contribution < -0.4 is 4.89 Å². The molecule has 10 heteroatoms. The Morgan fingerprint density at radius 3 is 3.11 bits per heavy atom. The van der Waals surface area contributed by atoms with Gasteiger partial charge in [0.2, 0.25) is 7.75 Å². The SMILES string of the molecule is [B][B]C1CC(O)C(COP(=O)([O-])n2ccnc2C)O1. The molecule has 3 radical (unpaired) electrons. The Bertz CT molecular complexity index is 485. The lowest BCUT2D eigenvalue weighted by atomic mass is 9.51. The maximum absolute atomic E-state index is 11.9. The van der Waals surface area contributed by atoms with Gasteiger partial charge in [-0.1, -0.05) is 0 Å². The summed E-state index contributed by atoms with van der Waals surface area (Å²) in [5.41, 5.74) is 0. The molecule has 0 aromatic carbocycles. The summed E-state index contributed by atoms with van der Waals surface area (Å²) in [6.07, 6.45) is 1.48. The summed E-state index contributed by atoms with van der Waals surface area (Å²) in [4.78, 5) is 15.7. The van der Waals surface area contributed by atoms with Gasteiger partial charge in [-0.25, -0.2) is 4.98 Å². The van der Waals surface area contributed by atoms with E-state index < -0.39 is 20.0 Å². The summed E-state index contributed by atoms with van der Waals surface area (Å²) in [6.45, 7) is 1.29. The molecule has 0 bridgehead atoms. The second kappa shape index (κ2) is 5.81. The molecule has 101 valence electrons. The van der Waals surface area contributed by atoms with Gasteiger partial charge < -0.3 is 19.3 Å². The number of hydrogen-bond donors (Lipinski definition) is 1. The van der Waals surface area contributed by atoms with Gasteiger partial charge in [-0.05, 0) is 13.3 Å². The fraction of sp³-hybridized carbons (Fsp3) is 0.667. The minimum absolute atomic E-state index is 0.260. The lowest BCUT2D eigenvalue weighted by Crippen LogP contribution is -2.28. The zero-order chi connectivity index (χ0) is 14.0. The average Bonchev–Trinajstić information content (AvgIpc) is 2.93. The summed E-state index contributed by atoms with van der Waals surface area (Å²) in [5.74, 6) is 0.305. The van der Waals surface area contributed by atoms with Crippen LogP contribution in [0, 0.1) is 6.92 Å². The van der Waals surface area contributed by atoms with E-state index in [-0.39, 0.29) is 12.6 Å². The number of imidazole rings is 1. The molecule has 0 spiro atoms. The smallest absolute Gasteiger partial charge is 0.237 e. The maximum Gasteiger partial charge on any atom is 0.237 e. The van der Waals surface area contributed by atoms with Crippen molar-refractivity contribution in [3.05, 3.63) is 18.2 Å². The van der Waals surface area contributed by atoms with E-state index in [0.29, 0.717) is 12.2 Å². The summed E-state index contributed by atoms with van der Waals surface area (Å²) in [6, 6.07) is -0.385. The van der Waals surface area contributed by atoms with Crippen LogP contribution in [0.3, 0.4) is 0 Å². The maximum atomic E-state index is 11.9. The van der Waals surface area contributed by atoms with E-state index >= 15 is 0 Å². The van der Waals surface area contributed by atoms with Crippen LogP contribution in [0.1, 0.15) is 12.2 Å². The zero-order valence-corrected chi connectivity index (χ0v) is 11.3. The van der Waals surface area contributed by atoms with Crippen molar-refractivity contribution >= 4 is 22.7 Å². The predicted molar refractivity (Wildman–Crippen MR) is 66.7 cm³/mol. The van der Waals surface area contributed by atoms with Gasteiger partial charge in [-0.2, -0.15) is 0 Å². The van der Waals surface area contributed by atoms with Crippen LogP contribution in [-0.2, 0) is 13.8 Å². The molecule has 1 aliphatic heterocycles. The molecule has 1 aromatic rings. The molecule has 1 aromatic heterocycles. The second-order valence-electron chi connectivity index (χ2n) is 4.29. The van der Waals surface area contributed by atoms with E-state index in [1.54, 1.807) is 6.92 Å². The third kappa shape index (κ3) is 3.30. The molecule has 2 rings (SSSR count). The van der Waals surface area contributed by atoms with Crippen molar-refractivity contribution in [2.45, 2.75) is 31.6 Å². The van der Waals surface area contributed by atoms with Crippen LogP contribution in [0.4, 0.5) is 0 Å². The molecule has 1 aliphatic rings. The number of nitrogens with zero attached hydrogens (tertiary/aromatic N) is 2. The molecule has 19 heavy (non-hydrogen) atoms. The lowest BCUT2D eigenvalue weighted by molar-refractivity contribution is -0.204. The van der Waals surface area contributed by atoms with E-state index in [9.17, 15) is 14.6 Å². The largest absolute Gasteiger partial charge is 0.761 e. The molecule has 0 saturated carbocycles. The first-order valence-corrected chi connectivity index (χ1v) is 7.28. The van der Waals surface area contributed by atoms with Gasteiger partial charge in [0.25, 0.3) is 0 Å². The van der Waals surface area contributed by atoms with Gasteiger partial charge in [0, 0.05) is 26.1 Å². The molecule has 0 amide bonds. The van der Waals surface area contributed by atoms with Crippen LogP contribution in [0.25, 0.3) is 0 Å². The topological polar surface area (TPSA) is 96.6 Å². The molecule has 1 saturated heterocycles. The molecule has 2 heterocycles. The third-order valence-corrected chi connectivity index (χ3v) is 4.36. The first-order chi connectivity index (χ1) is 8.94. The fourth-order valence-electron chi connectivity index (χ4n) is 1.89. The van der Waals surface area contributed by atoms with Gasteiger partial charge in [0.1, 0.15) is 11.9 Å². The first-order valence-electron chi connectivity index (χ1n) is 5.79. The van der Waals surface area contributed by atoms with Crippen LogP contribution in [-0.4, -0.2) is 54.2 Å². The normalized spacial score (nSPS) is 30.2. The lowest BCUT2D eigenvalue weighted by Gasteiger charge is -2.27. The molecule has 1 fully saturated rings. The molecule has 1 N–H and O–H groups in total. The predicted octanol–water partition coefficient (Wildman–Crippen LogP) is -1.21. The summed E-state index contributed by atoms with van der Waals surface area (Å²) < 4.78 is 23.0. The van der Waals surface area contributed by atoms with Crippen molar-refractivity contribution in [1.82, 2.24) is 9.32 Å². The van der Waals surface area contributed by atoms with Crippen molar-refractivity contribution in [2.75, 3.05) is 6.61 Å². The molecule has 0 aliphatic carbocycles. The monoisotopic (exact) mass is 282 g/mol. The summed E-state index contributed by atoms with van der Waals surface area (Å²) in [5, 5.41) is 9.68. The van der Waals surface area contributed by atoms with Crippen LogP contribution in [0.5, 0.6) is 0 Å². The summed E-state index contributed by atoms with van der Waals surface area (Å²) >= 11 is 0. The number of rotatable bonds is 5. The second-order valence-corrected chi connectivity index (χ2v) is 5.92. The molecular weight excluding hydrogens is 269 g/mol. The number of aliphatic hydroxyl groups is 1. The Balaban J connectivity index is 1.95.